The van der Waals surface area contributed by atoms with Gasteiger partial charge in [0.1, 0.15) is 11.6 Å². The van der Waals surface area contributed by atoms with Crippen LogP contribution in [0.4, 0.5) is 17.6 Å². The van der Waals surface area contributed by atoms with E-state index in [0.717, 1.165) is 0 Å². The highest BCUT2D eigenvalue weighted by molar-refractivity contribution is 5.81. The first kappa shape index (κ1) is 13.3. The highest BCUT2D eigenvalue weighted by Crippen LogP contribution is 2.15. The van der Waals surface area contributed by atoms with Gasteiger partial charge in [-0.05, 0) is 18.2 Å². The number of rotatable bonds is 3. The first-order valence-corrected chi connectivity index (χ1v) is 5.35. The van der Waals surface area contributed by atoms with Crippen molar-refractivity contribution in [3.63, 3.8) is 0 Å². The zero-order chi connectivity index (χ0) is 14.0. The van der Waals surface area contributed by atoms with Gasteiger partial charge in [-0.1, -0.05) is 0 Å². The first-order valence-electron chi connectivity index (χ1n) is 5.35. The Morgan fingerprint density at radius 3 is 2.79 bits per heavy atom. The minimum atomic E-state index is -4.89. The number of hydrogen-bond donors (Lipinski definition) is 2. The Balaban J connectivity index is 1.97. The molecule has 0 fully saturated rings. The average Bonchev–Trinajstić information content (AvgIpc) is 2.69. The van der Waals surface area contributed by atoms with E-state index >= 15 is 0 Å². The number of alkyl halides is 3. The number of fused-ring (bicyclic) bond motifs is 1. The minimum Gasteiger partial charge on any atom is -0.348 e. The number of aromatic nitrogens is 2. The topological polar surface area (TPSA) is 57.8 Å². The molecule has 0 aliphatic rings. The molecule has 0 radical (unpaired) electrons. The fraction of sp³-hybridized carbons (Fsp3) is 0.273. The van der Waals surface area contributed by atoms with Crippen LogP contribution in [-0.4, -0.2) is 28.6 Å². The van der Waals surface area contributed by atoms with Crippen LogP contribution in [0.5, 0.6) is 0 Å². The van der Waals surface area contributed by atoms with Gasteiger partial charge in [0, 0.05) is 13.0 Å². The van der Waals surface area contributed by atoms with Gasteiger partial charge in [-0.2, -0.15) is 13.2 Å². The molecule has 4 nitrogen and oxygen atoms in total. The molecule has 0 saturated carbocycles. The van der Waals surface area contributed by atoms with Crippen molar-refractivity contribution in [1.29, 1.82) is 0 Å². The summed E-state index contributed by atoms with van der Waals surface area (Å²) in [4.78, 5) is 17.4. The van der Waals surface area contributed by atoms with Crippen molar-refractivity contribution in [2.75, 3.05) is 6.54 Å². The Kier molecular flexibility index (Phi) is 3.41. The molecule has 0 aliphatic carbocycles. The van der Waals surface area contributed by atoms with E-state index in [2.05, 4.69) is 9.97 Å². The third-order valence-electron chi connectivity index (χ3n) is 2.40. The van der Waals surface area contributed by atoms with Crippen LogP contribution in [0.3, 0.4) is 0 Å². The summed E-state index contributed by atoms with van der Waals surface area (Å²) in [6.45, 7) is -0.208. The number of benzene rings is 1. The van der Waals surface area contributed by atoms with Crippen LogP contribution >= 0.6 is 0 Å². The van der Waals surface area contributed by atoms with Gasteiger partial charge in [-0.15, -0.1) is 0 Å². The summed E-state index contributed by atoms with van der Waals surface area (Å²) in [7, 11) is 0. The van der Waals surface area contributed by atoms with Gasteiger partial charge in [0.25, 0.3) is 0 Å². The van der Waals surface area contributed by atoms with E-state index in [0.29, 0.717) is 16.9 Å². The first-order chi connectivity index (χ1) is 8.86. The van der Waals surface area contributed by atoms with E-state index in [1.54, 1.807) is 5.32 Å². The standard InChI is InChI=1S/C11H9F4N3O/c12-6-1-2-7-8(5-6)18-9(17-7)3-4-16-10(19)11(13,14)15/h1-2,5H,3-4H2,(H,16,19)(H,17,18). The molecule has 1 aromatic carbocycles. The maximum atomic E-state index is 12.9. The molecule has 8 heteroatoms. The van der Waals surface area contributed by atoms with Crippen molar-refractivity contribution in [1.82, 2.24) is 15.3 Å². The van der Waals surface area contributed by atoms with Crippen LogP contribution in [0.15, 0.2) is 18.2 Å². The maximum absolute atomic E-state index is 12.9. The lowest BCUT2D eigenvalue weighted by molar-refractivity contribution is -0.173. The molecule has 0 aliphatic heterocycles. The van der Waals surface area contributed by atoms with Gasteiger partial charge in [-0.25, -0.2) is 9.37 Å². The number of aromatic amines is 1. The lowest BCUT2D eigenvalue weighted by Gasteiger charge is -2.06. The molecule has 2 rings (SSSR count). The summed E-state index contributed by atoms with van der Waals surface area (Å²) in [6.07, 6.45) is -4.80. The maximum Gasteiger partial charge on any atom is 0.471 e. The fourth-order valence-corrected chi connectivity index (χ4v) is 1.55. The van der Waals surface area contributed by atoms with E-state index in [-0.39, 0.29) is 13.0 Å². The molecule has 0 unspecified atom stereocenters. The van der Waals surface area contributed by atoms with Crippen molar-refractivity contribution >= 4 is 16.9 Å². The van der Waals surface area contributed by atoms with Gasteiger partial charge in [0.15, 0.2) is 0 Å². The number of halogens is 4. The Hall–Kier alpha value is -2.12. The van der Waals surface area contributed by atoms with E-state index in [1.807, 2.05) is 0 Å². The molecule has 2 aromatic rings. The zero-order valence-corrected chi connectivity index (χ0v) is 9.51. The number of nitrogens with one attached hydrogen (secondary N) is 2. The zero-order valence-electron chi connectivity index (χ0n) is 9.51. The second-order valence-corrected chi connectivity index (χ2v) is 3.85. The lowest BCUT2D eigenvalue weighted by atomic mass is 10.3. The monoisotopic (exact) mass is 275 g/mol. The highest BCUT2D eigenvalue weighted by atomic mass is 19.4. The molecular formula is C11H9F4N3O. The molecule has 0 spiro atoms. The summed E-state index contributed by atoms with van der Waals surface area (Å²) < 4.78 is 48.6. The number of carbonyl (C=O) groups is 1. The summed E-state index contributed by atoms with van der Waals surface area (Å²) >= 11 is 0. The predicted molar refractivity (Wildman–Crippen MR) is 58.8 cm³/mol. The van der Waals surface area contributed by atoms with Crippen LogP contribution in [0.1, 0.15) is 5.82 Å². The van der Waals surface area contributed by atoms with E-state index in [4.69, 9.17) is 0 Å². The van der Waals surface area contributed by atoms with Crippen LogP contribution in [-0.2, 0) is 11.2 Å². The van der Waals surface area contributed by atoms with Gasteiger partial charge >= 0.3 is 12.1 Å². The van der Waals surface area contributed by atoms with E-state index < -0.39 is 17.9 Å². The fourth-order valence-electron chi connectivity index (χ4n) is 1.55. The highest BCUT2D eigenvalue weighted by Gasteiger charge is 2.38. The van der Waals surface area contributed by atoms with Crippen molar-refractivity contribution < 1.29 is 22.4 Å². The summed E-state index contributed by atoms with van der Waals surface area (Å²) in [6, 6.07) is 3.93. The van der Waals surface area contributed by atoms with Crippen molar-refractivity contribution in [3.8, 4) is 0 Å². The number of hydrogen-bond acceptors (Lipinski definition) is 2. The smallest absolute Gasteiger partial charge is 0.348 e. The molecule has 0 bridgehead atoms. The summed E-state index contributed by atoms with van der Waals surface area (Å²) in [5.41, 5.74) is 0.968. The van der Waals surface area contributed by atoms with Gasteiger partial charge in [-0.3, -0.25) is 4.79 Å². The SMILES string of the molecule is O=C(NCCc1nc2ccc(F)cc2[nH]1)C(F)(F)F. The van der Waals surface area contributed by atoms with Crippen LogP contribution in [0.2, 0.25) is 0 Å². The Bertz CT molecular complexity index is 605. The second kappa shape index (κ2) is 4.87. The lowest BCUT2D eigenvalue weighted by Crippen LogP contribution is -2.37. The predicted octanol–water partition coefficient (Wildman–Crippen LogP) is 1.92. The largest absolute Gasteiger partial charge is 0.471 e. The number of imidazole rings is 1. The van der Waals surface area contributed by atoms with Crippen LogP contribution < -0.4 is 5.32 Å². The van der Waals surface area contributed by atoms with E-state index in [1.165, 1.54) is 18.2 Å². The molecule has 102 valence electrons. The van der Waals surface area contributed by atoms with Gasteiger partial charge in [0.2, 0.25) is 0 Å². The molecule has 1 heterocycles. The quantitative estimate of drug-likeness (QED) is 0.841. The normalized spacial score (nSPS) is 11.8. The Morgan fingerprint density at radius 1 is 1.37 bits per heavy atom. The Morgan fingerprint density at radius 2 is 2.11 bits per heavy atom. The molecule has 19 heavy (non-hydrogen) atoms. The van der Waals surface area contributed by atoms with Gasteiger partial charge < -0.3 is 10.3 Å². The van der Waals surface area contributed by atoms with Crippen LogP contribution in [0, 0.1) is 5.82 Å². The minimum absolute atomic E-state index is 0.0954. The molecule has 1 amide bonds. The van der Waals surface area contributed by atoms with Crippen molar-refractivity contribution in [2.24, 2.45) is 0 Å². The third-order valence-corrected chi connectivity index (χ3v) is 2.40. The Labute approximate surface area is 104 Å². The second-order valence-electron chi connectivity index (χ2n) is 3.85. The third kappa shape index (κ3) is 3.21. The number of nitrogens with zero attached hydrogens (tertiary/aromatic N) is 1. The van der Waals surface area contributed by atoms with Gasteiger partial charge in [0.05, 0.1) is 11.0 Å². The van der Waals surface area contributed by atoms with Crippen LogP contribution in [0.25, 0.3) is 11.0 Å². The molecule has 0 atom stereocenters. The van der Waals surface area contributed by atoms with Crippen molar-refractivity contribution in [3.05, 3.63) is 29.8 Å². The molecule has 1 aromatic heterocycles. The molecular weight excluding hydrogens is 266 g/mol. The molecule has 2 N–H and O–H groups in total. The number of amides is 1. The number of carbonyl (C=O) groups excluding carboxylic acids is 1. The van der Waals surface area contributed by atoms with Crippen molar-refractivity contribution in [2.45, 2.75) is 12.6 Å². The molecule has 0 saturated heterocycles. The number of H-pyrrole nitrogens is 1. The summed E-state index contributed by atoms with van der Waals surface area (Å²) in [5, 5.41) is 1.73. The average molecular weight is 275 g/mol. The van der Waals surface area contributed by atoms with E-state index in [9.17, 15) is 22.4 Å². The summed E-state index contributed by atoms with van der Waals surface area (Å²) in [5.74, 6) is -2.05.